The van der Waals surface area contributed by atoms with E-state index < -0.39 is 0 Å². The first-order chi connectivity index (χ1) is 5.43. The molecule has 0 aromatic carbocycles. The van der Waals surface area contributed by atoms with Gasteiger partial charge in [-0.2, -0.15) is 0 Å². The molecule has 1 saturated heterocycles. The van der Waals surface area contributed by atoms with Gasteiger partial charge in [-0.25, -0.2) is 0 Å². The zero-order valence-electron chi connectivity index (χ0n) is 8.18. The van der Waals surface area contributed by atoms with E-state index in [2.05, 4.69) is 5.32 Å². The highest BCUT2D eigenvalue weighted by molar-refractivity contribution is 5.57. The van der Waals surface area contributed by atoms with Gasteiger partial charge in [0.25, 0.3) is 0 Å². The van der Waals surface area contributed by atoms with E-state index in [0.29, 0.717) is 0 Å². The molecule has 1 aliphatic heterocycles. The molecule has 0 bridgehead atoms. The minimum atomic E-state index is 0.167. The minimum absolute atomic E-state index is 0.167. The molecule has 0 saturated carbocycles. The van der Waals surface area contributed by atoms with Gasteiger partial charge in [-0.05, 0) is 19.4 Å². The van der Waals surface area contributed by atoms with Crippen LogP contribution in [0.3, 0.4) is 0 Å². The zero-order chi connectivity index (χ0) is 9.11. The van der Waals surface area contributed by atoms with Crippen molar-refractivity contribution >= 4 is 6.29 Å². The zero-order valence-corrected chi connectivity index (χ0v) is 8.18. The maximum atomic E-state index is 9.94. The van der Waals surface area contributed by atoms with Gasteiger partial charge >= 0.3 is 0 Å². The lowest BCUT2D eigenvalue weighted by atomic mass is 10.2. The quantitative estimate of drug-likeness (QED) is 0.593. The second-order valence-electron chi connectivity index (χ2n) is 1.84. The van der Waals surface area contributed by atoms with E-state index in [-0.39, 0.29) is 6.04 Å². The normalized spacial score (nSPS) is 20.5. The van der Waals surface area contributed by atoms with Crippen LogP contribution < -0.4 is 5.32 Å². The Hall–Kier alpha value is -0.370. The Morgan fingerprint density at radius 2 is 1.82 bits per heavy atom. The Morgan fingerprint density at radius 3 is 2.00 bits per heavy atom. The molecule has 0 radical (unpaired) electrons. The maximum Gasteiger partial charge on any atom is 0.136 e. The highest BCUT2D eigenvalue weighted by Gasteiger charge is 2.10. The van der Waals surface area contributed by atoms with Crippen molar-refractivity contribution in [3.8, 4) is 0 Å². The first kappa shape index (κ1) is 13.2. The molecule has 11 heavy (non-hydrogen) atoms. The van der Waals surface area contributed by atoms with Crippen LogP contribution in [0.4, 0.5) is 0 Å². The van der Waals surface area contributed by atoms with Crippen molar-refractivity contribution in [2.45, 2.75) is 46.6 Å². The van der Waals surface area contributed by atoms with E-state index >= 15 is 0 Å². The summed E-state index contributed by atoms with van der Waals surface area (Å²) in [6.45, 7) is 9.02. The summed E-state index contributed by atoms with van der Waals surface area (Å²) in [5.41, 5.74) is 0. The Bertz CT molecular complexity index is 68.0. The van der Waals surface area contributed by atoms with E-state index in [4.69, 9.17) is 0 Å². The molecular formula is C9H21NO. The molecule has 0 amide bonds. The van der Waals surface area contributed by atoms with Gasteiger partial charge in [0, 0.05) is 0 Å². The fraction of sp³-hybridized carbons (Fsp3) is 0.889. The van der Waals surface area contributed by atoms with E-state index in [1.165, 1.54) is 0 Å². The third kappa shape index (κ3) is 7.53. The van der Waals surface area contributed by atoms with Crippen LogP contribution in [0.15, 0.2) is 0 Å². The second-order valence-corrected chi connectivity index (χ2v) is 1.84. The minimum Gasteiger partial charge on any atom is -0.308 e. The lowest BCUT2D eigenvalue weighted by molar-refractivity contribution is -0.109. The maximum absolute atomic E-state index is 9.94. The Kier molecular flexibility index (Phi) is 14.8. The molecule has 1 N–H and O–H groups in total. The molecule has 0 unspecified atom stereocenters. The van der Waals surface area contributed by atoms with Gasteiger partial charge in [0.2, 0.25) is 0 Å². The molecule has 1 heterocycles. The topological polar surface area (TPSA) is 29.1 Å². The summed E-state index contributed by atoms with van der Waals surface area (Å²) in [4.78, 5) is 9.94. The van der Waals surface area contributed by atoms with Crippen molar-refractivity contribution in [1.82, 2.24) is 5.32 Å². The monoisotopic (exact) mass is 159 g/mol. The number of aldehydes is 1. The lowest BCUT2D eigenvalue weighted by Crippen LogP contribution is -2.21. The van der Waals surface area contributed by atoms with Crippen LogP contribution in [-0.2, 0) is 4.79 Å². The van der Waals surface area contributed by atoms with Crippen LogP contribution in [0, 0.1) is 0 Å². The summed E-state index contributed by atoms with van der Waals surface area (Å²) >= 11 is 0. The predicted molar refractivity (Wildman–Crippen MR) is 49.8 cm³/mol. The van der Waals surface area contributed by atoms with Gasteiger partial charge in [0.05, 0.1) is 6.04 Å². The first-order valence-corrected chi connectivity index (χ1v) is 4.62. The SMILES string of the molecule is CC.CC.O=C[C@H]1CCCN1. The van der Waals surface area contributed by atoms with Crippen LogP contribution in [0.5, 0.6) is 0 Å². The van der Waals surface area contributed by atoms with E-state index in [1.807, 2.05) is 27.7 Å². The van der Waals surface area contributed by atoms with Gasteiger partial charge in [-0.1, -0.05) is 27.7 Å². The number of hydrogen-bond donors (Lipinski definition) is 1. The molecule has 1 fully saturated rings. The predicted octanol–water partition coefficient (Wildman–Crippen LogP) is 1.99. The fourth-order valence-corrected chi connectivity index (χ4v) is 0.828. The molecule has 68 valence electrons. The average Bonchev–Trinajstić information content (AvgIpc) is 2.63. The third-order valence-electron chi connectivity index (χ3n) is 1.26. The molecule has 0 spiro atoms. The van der Waals surface area contributed by atoms with Gasteiger partial charge in [-0.3, -0.25) is 0 Å². The number of hydrogen-bond acceptors (Lipinski definition) is 2. The summed E-state index contributed by atoms with van der Waals surface area (Å²) < 4.78 is 0. The first-order valence-electron chi connectivity index (χ1n) is 4.62. The molecule has 1 rings (SSSR count). The van der Waals surface area contributed by atoms with Crippen LogP contribution in [0.1, 0.15) is 40.5 Å². The molecule has 1 atom stereocenters. The fourth-order valence-electron chi connectivity index (χ4n) is 0.828. The van der Waals surface area contributed by atoms with Crippen LogP contribution in [-0.4, -0.2) is 18.9 Å². The van der Waals surface area contributed by atoms with Gasteiger partial charge in [0.15, 0.2) is 0 Å². The largest absolute Gasteiger partial charge is 0.308 e. The molecule has 1 aliphatic rings. The van der Waals surface area contributed by atoms with Crippen molar-refractivity contribution in [2.24, 2.45) is 0 Å². The second kappa shape index (κ2) is 12.3. The molecule has 0 aromatic rings. The number of nitrogens with one attached hydrogen (secondary N) is 1. The molecule has 0 aromatic heterocycles. The van der Waals surface area contributed by atoms with Crippen molar-refractivity contribution in [1.29, 1.82) is 0 Å². The van der Waals surface area contributed by atoms with Gasteiger partial charge in [0.1, 0.15) is 6.29 Å². The Balaban J connectivity index is 0. The van der Waals surface area contributed by atoms with Crippen molar-refractivity contribution in [3.63, 3.8) is 0 Å². The van der Waals surface area contributed by atoms with Crippen molar-refractivity contribution < 1.29 is 4.79 Å². The number of rotatable bonds is 1. The highest BCUT2D eigenvalue weighted by atomic mass is 16.1. The summed E-state index contributed by atoms with van der Waals surface area (Å²) in [6.07, 6.45) is 3.17. The summed E-state index contributed by atoms with van der Waals surface area (Å²) in [7, 11) is 0. The van der Waals surface area contributed by atoms with E-state index in [9.17, 15) is 4.79 Å². The number of carbonyl (C=O) groups excluding carboxylic acids is 1. The van der Waals surface area contributed by atoms with E-state index in [1.54, 1.807) is 0 Å². The van der Waals surface area contributed by atoms with Crippen LogP contribution >= 0.6 is 0 Å². The standard InChI is InChI=1S/C5H9NO.2C2H6/c7-4-5-2-1-3-6-5;2*1-2/h4-6H,1-3H2;2*1-2H3/t5-;;/m1../s1. The third-order valence-corrected chi connectivity index (χ3v) is 1.26. The van der Waals surface area contributed by atoms with Gasteiger partial charge in [-0.15, -0.1) is 0 Å². The Labute approximate surface area is 70.4 Å². The van der Waals surface area contributed by atoms with Crippen molar-refractivity contribution in [3.05, 3.63) is 0 Å². The smallest absolute Gasteiger partial charge is 0.136 e. The lowest BCUT2D eigenvalue weighted by Gasteiger charge is -1.93. The van der Waals surface area contributed by atoms with E-state index in [0.717, 1.165) is 25.7 Å². The highest BCUT2D eigenvalue weighted by Crippen LogP contribution is 2.00. The summed E-state index contributed by atoms with van der Waals surface area (Å²) in [5.74, 6) is 0. The molecule has 2 heteroatoms. The molecule has 2 nitrogen and oxygen atoms in total. The Morgan fingerprint density at radius 1 is 1.27 bits per heavy atom. The van der Waals surface area contributed by atoms with Crippen molar-refractivity contribution in [2.75, 3.05) is 6.54 Å². The van der Waals surface area contributed by atoms with Gasteiger partial charge < -0.3 is 10.1 Å². The molecular weight excluding hydrogens is 138 g/mol. The van der Waals surface area contributed by atoms with Crippen LogP contribution in [0.25, 0.3) is 0 Å². The summed E-state index contributed by atoms with van der Waals surface area (Å²) in [5, 5.41) is 3.04. The molecule has 0 aliphatic carbocycles. The summed E-state index contributed by atoms with van der Waals surface area (Å²) in [6, 6.07) is 0.167. The van der Waals surface area contributed by atoms with Crippen LogP contribution in [0.2, 0.25) is 0 Å². The average molecular weight is 159 g/mol. The number of carbonyl (C=O) groups is 1.